The number of amides is 1. The summed E-state index contributed by atoms with van der Waals surface area (Å²) in [4.78, 5) is 15.5. The molecule has 0 aliphatic carbocycles. The lowest BCUT2D eigenvalue weighted by molar-refractivity contribution is -0.129. The highest BCUT2D eigenvalue weighted by Gasteiger charge is 2.21. The lowest BCUT2D eigenvalue weighted by Crippen LogP contribution is -2.48. The third-order valence-corrected chi connectivity index (χ3v) is 3.33. The van der Waals surface area contributed by atoms with Crippen molar-refractivity contribution in [3.05, 3.63) is 23.8 Å². The monoisotopic (exact) mass is 233 g/mol. The van der Waals surface area contributed by atoms with Crippen molar-refractivity contribution in [2.45, 2.75) is 13.3 Å². The molecule has 0 unspecified atom stereocenters. The van der Waals surface area contributed by atoms with Gasteiger partial charge in [-0.3, -0.25) is 4.79 Å². The molecule has 0 atom stereocenters. The first-order chi connectivity index (χ1) is 8.11. The minimum absolute atomic E-state index is 0.172. The molecule has 0 aromatic heterocycles. The van der Waals surface area contributed by atoms with Gasteiger partial charge >= 0.3 is 0 Å². The second-order valence-corrected chi connectivity index (χ2v) is 4.47. The molecule has 0 bridgehead atoms. The summed E-state index contributed by atoms with van der Waals surface area (Å²) in [6.45, 7) is 4.22. The summed E-state index contributed by atoms with van der Waals surface area (Å²) in [6, 6.07) is 6.01. The van der Waals surface area contributed by atoms with Gasteiger partial charge in [0.2, 0.25) is 5.91 Å². The number of nitrogens with zero attached hydrogens (tertiary/aromatic N) is 2. The van der Waals surface area contributed by atoms with Crippen molar-refractivity contribution in [3.63, 3.8) is 0 Å². The summed E-state index contributed by atoms with van der Waals surface area (Å²) >= 11 is 0. The van der Waals surface area contributed by atoms with Crippen LogP contribution in [0.2, 0.25) is 0 Å². The topological polar surface area (TPSA) is 49.6 Å². The number of nitrogens with two attached hydrogens (primary N) is 1. The van der Waals surface area contributed by atoms with Crippen molar-refractivity contribution in [2.75, 3.05) is 37.3 Å². The third-order valence-electron chi connectivity index (χ3n) is 3.33. The molecule has 1 amide bonds. The molecule has 1 aromatic rings. The highest BCUT2D eigenvalue weighted by atomic mass is 16.2. The predicted octanol–water partition coefficient (Wildman–Crippen LogP) is 1.11. The van der Waals surface area contributed by atoms with Gasteiger partial charge in [-0.2, -0.15) is 0 Å². The summed E-state index contributed by atoms with van der Waals surface area (Å²) < 4.78 is 0. The number of piperazine rings is 1. The smallest absolute Gasteiger partial charge is 0.241 e. The Morgan fingerprint density at radius 1 is 1.35 bits per heavy atom. The van der Waals surface area contributed by atoms with Crippen molar-refractivity contribution in [3.8, 4) is 0 Å². The van der Waals surface area contributed by atoms with Crippen LogP contribution in [0.4, 0.5) is 11.4 Å². The highest BCUT2D eigenvalue weighted by Crippen LogP contribution is 2.22. The van der Waals surface area contributed by atoms with Crippen LogP contribution in [0.1, 0.15) is 12.5 Å². The summed E-state index contributed by atoms with van der Waals surface area (Å²) in [5, 5.41) is 0. The molecule has 1 aromatic carbocycles. The number of likely N-dealkylation sites (N-methyl/N-ethyl adjacent to an activating group) is 1. The maximum absolute atomic E-state index is 11.7. The quantitative estimate of drug-likeness (QED) is 0.778. The van der Waals surface area contributed by atoms with Gasteiger partial charge in [-0.15, -0.1) is 0 Å². The van der Waals surface area contributed by atoms with Gasteiger partial charge in [0.05, 0.1) is 6.54 Å². The standard InChI is InChI=1S/C13H19N3O/c1-3-10-8-11(4-5-12(10)14)16-7-6-15(2)13(17)9-16/h4-5,8H,3,6-7,9,14H2,1-2H3. The molecule has 0 saturated carbocycles. The molecule has 4 nitrogen and oxygen atoms in total. The first-order valence-corrected chi connectivity index (χ1v) is 5.99. The van der Waals surface area contributed by atoms with Crippen LogP contribution >= 0.6 is 0 Å². The second kappa shape index (κ2) is 4.65. The fourth-order valence-corrected chi connectivity index (χ4v) is 2.07. The predicted molar refractivity (Wildman–Crippen MR) is 70.1 cm³/mol. The molecular weight excluding hydrogens is 214 g/mol. The number of nitrogen functional groups attached to an aromatic ring is 1. The van der Waals surface area contributed by atoms with Crippen LogP contribution in [0.25, 0.3) is 0 Å². The van der Waals surface area contributed by atoms with E-state index in [2.05, 4.69) is 17.9 Å². The van der Waals surface area contributed by atoms with E-state index in [4.69, 9.17) is 5.73 Å². The van der Waals surface area contributed by atoms with E-state index >= 15 is 0 Å². The first-order valence-electron chi connectivity index (χ1n) is 5.99. The van der Waals surface area contributed by atoms with Crippen LogP contribution in [-0.2, 0) is 11.2 Å². The van der Waals surface area contributed by atoms with E-state index in [1.54, 1.807) is 4.90 Å². The number of hydrogen-bond acceptors (Lipinski definition) is 3. The van der Waals surface area contributed by atoms with Crippen molar-refractivity contribution in [1.29, 1.82) is 0 Å². The fourth-order valence-electron chi connectivity index (χ4n) is 2.07. The Morgan fingerprint density at radius 3 is 2.76 bits per heavy atom. The molecule has 4 heteroatoms. The fraction of sp³-hybridized carbons (Fsp3) is 0.462. The van der Waals surface area contributed by atoms with E-state index in [0.29, 0.717) is 6.54 Å². The van der Waals surface area contributed by atoms with Gasteiger partial charge in [-0.25, -0.2) is 0 Å². The lowest BCUT2D eigenvalue weighted by Gasteiger charge is -2.33. The van der Waals surface area contributed by atoms with Crippen LogP contribution in [0.5, 0.6) is 0 Å². The normalized spacial score (nSPS) is 16.5. The molecule has 2 N–H and O–H groups in total. The number of rotatable bonds is 2. The highest BCUT2D eigenvalue weighted by molar-refractivity contribution is 5.82. The van der Waals surface area contributed by atoms with E-state index in [0.717, 1.165) is 36.4 Å². The van der Waals surface area contributed by atoms with Crippen molar-refractivity contribution in [1.82, 2.24) is 4.90 Å². The lowest BCUT2D eigenvalue weighted by atomic mass is 10.1. The Labute approximate surface area is 102 Å². The van der Waals surface area contributed by atoms with E-state index in [-0.39, 0.29) is 5.91 Å². The van der Waals surface area contributed by atoms with Gasteiger partial charge in [0.1, 0.15) is 0 Å². The van der Waals surface area contributed by atoms with Crippen LogP contribution in [-0.4, -0.2) is 37.5 Å². The van der Waals surface area contributed by atoms with Crippen LogP contribution < -0.4 is 10.6 Å². The van der Waals surface area contributed by atoms with Gasteiger partial charge in [0.15, 0.2) is 0 Å². The SMILES string of the molecule is CCc1cc(N2CCN(C)C(=O)C2)ccc1N. The molecule has 1 aliphatic rings. The van der Waals surface area contributed by atoms with Crippen LogP contribution in [0.15, 0.2) is 18.2 Å². The maximum Gasteiger partial charge on any atom is 0.241 e. The molecule has 1 heterocycles. The molecule has 1 fully saturated rings. The Morgan fingerprint density at radius 2 is 2.12 bits per heavy atom. The van der Waals surface area contributed by atoms with Crippen molar-refractivity contribution in [2.24, 2.45) is 0 Å². The van der Waals surface area contributed by atoms with Gasteiger partial charge in [-0.05, 0) is 30.2 Å². The Hall–Kier alpha value is -1.71. The zero-order valence-electron chi connectivity index (χ0n) is 10.4. The average molecular weight is 233 g/mol. The van der Waals surface area contributed by atoms with Crippen LogP contribution in [0, 0.1) is 0 Å². The number of aryl methyl sites for hydroxylation is 1. The van der Waals surface area contributed by atoms with Gasteiger partial charge in [-0.1, -0.05) is 6.92 Å². The largest absolute Gasteiger partial charge is 0.399 e. The number of benzene rings is 1. The summed E-state index contributed by atoms with van der Waals surface area (Å²) in [5.41, 5.74) is 8.96. The Kier molecular flexibility index (Phi) is 3.22. The molecule has 1 saturated heterocycles. The third kappa shape index (κ3) is 2.35. The molecular formula is C13H19N3O. The molecule has 1 aliphatic heterocycles. The number of hydrogen-bond donors (Lipinski definition) is 1. The minimum atomic E-state index is 0.172. The van der Waals surface area contributed by atoms with Gasteiger partial charge < -0.3 is 15.5 Å². The zero-order valence-corrected chi connectivity index (χ0v) is 10.4. The summed E-state index contributed by atoms with van der Waals surface area (Å²) in [7, 11) is 1.85. The van der Waals surface area contributed by atoms with Gasteiger partial charge in [0.25, 0.3) is 0 Å². The molecule has 92 valence electrons. The van der Waals surface area contributed by atoms with E-state index in [1.165, 1.54) is 0 Å². The maximum atomic E-state index is 11.7. The Bertz CT molecular complexity index is 431. The zero-order chi connectivity index (χ0) is 12.4. The average Bonchev–Trinajstić information content (AvgIpc) is 2.33. The molecule has 2 rings (SSSR count). The van der Waals surface area contributed by atoms with Crippen molar-refractivity contribution < 1.29 is 4.79 Å². The number of carbonyl (C=O) groups excluding carboxylic acids is 1. The van der Waals surface area contributed by atoms with Crippen LogP contribution in [0.3, 0.4) is 0 Å². The van der Waals surface area contributed by atoms with Crippen molar-refractivity contribution >= 4 is 17.3 Å². The number of carbonyl (C=O) groups is 1. The molecule has 17 heavy (non-hydrogen) atoms. The first kappa shape index (κ1) is 11.8. The minimum Gasteiger partial charge on any atom is -0.399 e. The van der Waals surface area contributed by atoms with E-state index in [9.17, 15) is 4.79 Å². The summed E-state index contributed by atoms with van der Waals surface area (Å²) in [6.07, 6.45) is 0.918. The molecule has 0 radical (unpaired) electrons. The van der Waals surface area contributed by atoms with E-state index < -0.39 is 0 Å². The molecule has 0 spiro atoms. The Balaban J connectivity index is 2.20. The second-order valence-electron chi connectivity index (χ2n) is 4.47. The number of anilines is 2. The van der Waals surface area contributed by atoms with E-state index in [1.807, 2.05) is 19.2 Å². The van der Waals surface area contributed by atoms with Gasteiger partial charge in [0, 0.05) is 31.5 Å². The summed E-state index contributed by atoms with van der Waals surface area (Å²) in [5.74, 6) is 0.172.